The van der Waals surface area contributed by atoms with Gasteiger partial charge in [0, 0.05) is 13.0 Å². The van der Waals surface area contributed by atoms with Crippen LogP contribution in [0.1, 0.15) is 25.7 Å². The molecule has 1 fully saturated rings. The number of nitrogens with one attached hydrogen (secondary N) is 2. The first-order chi connectivity index (χ1) is 6.83. The van der Waals surface area contributed by atoms with Crippen molar-refractivity contribution >= 4 is 5.91 Å². The summed E-state index contributed by atoms with van der Waals surface area (Å²) < 4.78 is 0. The van der Waals surface area contributed by atoms with E-state index in [9.17, 15) is 4.79 Å². The van der Waals surface area contributed by atoms with Crippen LogP contribution in [0.5, 0.6) is 0 Å². The van der Waals surface area contributed by atoms with Crippen molar-refractivity contribution in [2.75, 3.05) is 19.6 Å². The Balaban J connectivity index is 2.09. The molecule has 80 valence electrons. The highest BCUT2D eigenvalue weighted by Gasteiger charge is 2.15. The van der Waals surface area contributed by atoms with E-state index in [4.69, 9.17) is 0 Å². The third kappa shape index (κ3) is 4.42. The molecule has 3 nitrogen and oxygen atoms in total. The van der Waals surface area contributed by atoms with Gasteiger partial charge in [0.05, 0.1) is 0 Å². The summed E-state index contributed by atoms with van der Waals surface area (Å²) in [4.78, 5) is 11.4. The van der Waals surface area contributed by atoms with Gasteiger partial charge in [0.25, 0.3) is 0 Å². The maximum atomic E-state index is 11.4. The fourth-order valence-electron chi connectivity index (χ4n) is 1.73. The molecule has 0 aromatic rings. The number of carbonyl (C=O) groups excluding carboxylic acids is 1. The van der Waals surface area contributed by atoms with Crippen molar-refractivity contribution in [1.82, 2.24) is 10.6 Å². The Morgan fingerprint density at radius 2 is 2.21 bits per heavy atom. The minimum absolute atomic E-state index is 0.193. The van der Waals surface area contributed by atoms with Crippen molar-refractivity contribution in [3.63, 3.8) is 0 Å². The summed E-state index contributed by atoms with van der Waals surface area (Å²) in [6.07, 6.45) is 5.64. The van der Waals surface area contributed by atoms with Crippen LogP contribution in [-0.4, -0.2) is 25.5 Å². The molecule has 1 aliphatic rings. The molecular formula is C11H20N2O. The smallest absolute Gasteiger partial charge is 0.220 e. The summed E-state index contributed by atoms with van der Waals surface area (Å²) in [5.74, 6) is 0.777. The molecule has 0 bridgehead atoms. The van der Waals surface area contributed by atoms with Gasteiger partial charge in [-0.1, -0.05) is 6.08 Å². The average molecular weight is 196 g/mol. The summed E-state index contributed by atoms with van der Waals surface area (Å²) in [6.45, 7) is 6.46. The van der Waals surface area contributed by atoms with Crippen molar-refractivity contribution in [3.05, 3.63) is 12.7 Å². The monoisotopic (exact) mass is 196 g/mol. The summed E-state index contributed by atoms with van der Waals surface area (Å²) in [5, 5.41) is 6.20. The molecule has 2 N–H and O–H groups in total. The van der Waals surface area contributed by atoms with Gasteiger partial charge in [0.1, 0.15) is 0 Å². The van der Waals surface area contributed by atoms with E-state index in [1.165, 1.54) is 0 Å². The average Bonchev–Trinajstić information content (AvgIpc) is 2.20. The van der Waals surface area contributed by atoms with E-state index in [-0.39, 0.29) is 5.91 Å². The molecule has 0 saturated carbocycles. The molecule has 14 heavy (non-hydrogen) atoms. The predicted molar refractivity (Wildman–Crippen MR) is 58.0 cm³/mol. The van der Waals surface area contributed by atoms with Crippen LogP contribution in [0.15, 0.2) is 12.7 Å². The maximum absolute atomic E-state index is 11.4. The van der Waals surface area contributed by atoms with E-state index in [0.717, 1.165) is 38.9 Å². The molecule has 0 aromatic heterocycles. The van der Waals surface area contributed by atoms with Gasteiger partial charge >= 0.3 is 0 Å². The topological polar surface area (TPSA) is 41.1 Å². The highest BCUT2D eigenvalue weighted by Crippen LogP contribution is 2.15. The number of hydrogen-bond acceptors (Lipinski definition) is 2. The van der Waals surface area contributed by atoms with Crippen LogP contribution in [0, 0.1) is 5.92 Å². The van der Waals surface area contributed by atoms with Crippen LogP contribution in [0.4, 0.5) is 0 Å². The summed E-state index contributed by atoms with van der Waals surface area (Å²) in [5.41, 5.74) is 0. The lowest BCUT2D eigenvalue weighted by molar-refractivity contribution is -0.122. The number of hydrogen-bond donors (Lipinski definition) is 2. The van der Waals surface area contributed by atoms with Crippen molar-refractivity contribution < 1.29 is 4.79 Å². The molecule has 1 rings (SSSR count). The number of piperidine rings is 1. The summed E-state index contributed by atoms with van der Waals surface area (Å²) >= 11 is 0. The van der Waals surface area contributed by atoms with Crippen LogP contribution in [0.25, 0.3) is 0 Å². The van der Waals surface area contributed by atoms with Gasteiger partial charge in [-0.25, -0.2) is 0 Å². The molecule has 0 unspecified atom stereocenters. The first-order valence-corrected chi connectivity index (χ1v) is 5.41. The van der Waals surface area contributed by atoms with Gasteiger partial charge in [-0.2, -0.15) is 0 Å². The van der Waals surface area contributed by atoms with Gasteiger partial charge in [0.2, 0.25) is 5.91 Å². The Morgan fingerprint density at radius 3 is 2.86 bits per heavy atom. The standard InChI is InChI=1S/C11H20N2O/c1-2-3-6-13-11(14)9-10-4-7-12-8-5-10/h2,10,12H,1,3-9H2,(H,13,14). The van der Waals surface area contributed by atoms with E-state index < -0.39 is 0 Å². The second-order valence-corrected chi connectivity index (χ2v) is 3.82. The fraction of sp³-hybridized carbons (Fsp3) is 0.727. The quantitative estimate of drug-likeness (QED) is 0.510. The fourth-order valence-corrected chi connectivity index (χ4v) is 1.73. The largest absolute Gasteiger partial charge is 0.356 e. The minimum Gasteiger partial charge on any atom is -0.356 e. The Labute approximate surface area is 86.0 Å². The van der Waals surface area contributed by atoms with E-state index in [1.54, 1.807) is 0 Å². The third-order valence-corrected chi connectivity index (χ3v) is 2.60. The maximum Gasteiger partial charge on any atom is 0.220 e. The highest BCUT2D eigenvalue weighted by molar-refractivity contribution is 5.76. The summed E-state index contributed by atoms with van der Waals surface area (Å²) in [7, 11) is 0. The molecule has 1 heterocycles. The van der Waals surface area contributed by atoms with Crippen molar-refractivity contribution in [1.29, 1.82) is 0 Å². The van der Waals surface area contributed by atoms with Crippen LogP contribution in [0.3, 0.4) is 0 Å². The molecule has 3 heteroatoms. The van der Waals surface area contributed by atoms with Gasteiger partial charge < -0.3 is 10.6 Å². The first-order valence-electron chi connectivity index (χ1n) is 5.41. The Morgan fingerprint density at radius 1 is 1.50 bits per heavy atom. The number of carbonyl (C=O) groups is 1. The Bertz CT molecular complexity index is 186. The Kier molecular flexibility index (Phi) is 5.30. The lowest BCUT2D eigenvalue weighted by atomic mass is 9.94. The predicted octanol–water partition coefficient (Wildman–Crippen LogP) is 1.07. The van der Waals surface area contributed by atoms with Gasteiger partial charge in [0.15, 0.2) is 0 Å². The van der Waals surface area contributed by atoms with Gasteiger partial charge in [-0.15, -0.1) is 6.58 Å². The van der Waals surface area contributed by atoms with E-state index in [0.29, 0.717) is 12.3 Å². The van der Waals surface area contributed by atoms with Crippen LogP contribution in [-0.2, 0) is 4.79 Å². The normalized spacial score (nSPS) is 17.7. The molecule has 0 atom stereocenters. The van der Waals surface area contributed by atoms with Gasteiger partial charge in [-0.05, 0) is 38.3 Å². The van der Waals surface area contributed by atoms with Crippen molar-refractivity contribution in [2.24, 2.45) is 5.92 Å². The van der Waals surface area contributed by atoms with E-state index >= 15 is 0 Å². The van der Waals surface area contributed by atoms with E-state index in [2.05, 4.69) is 17.2 Å². The molecule has 0 aromatic carbocycles. The summed E-state index contributed by atoms with van der Waals surface area (Å²) in [6, 6.07) is 0. The second kappa shape index (κ2) is 6.60. The molecule has 0 spiro atoms. The zero-order chi connectivity index (χ0) is 10.2. The SMILES string of the molecule is C=CCCNC(=O)CC1CCNCC1. The number of amides is 1. The molecule has 0 radical (unpaired) electrons. The third-order valence-electron chi connectivity index (χ3n) is 2.60. The molecule has 0 aliphatic carbocycles. The second-order valence-electron chi connectivity index (χ2n) is 3.82. The first kappa shape index (κ1) is 11.2. The van der Waals surface area contributed by atoms with Crippen molar-refractivity contribution in [2.45, 2.75) is 25.7 Å². The minimum atomic E-state index is 0.193. The molecular weight excluding hydrogens is 176 g/mol. The molecule has 1 amide bonds. The molecule has 1 saturated heterocycles. The zero-order valence-electron chi connectivity index (χ0n) is 8.72. The zero-order valence-corrected chi connectivity index (χ0v) is 8.72. The lowest BCUT2D eigenvalue weighted by Gasteiger charge is -2.21. The van der Waals surface area contributed by atoms with Gasteiger partial charge in [-0.3, -0.25) is 4.79 Å². The highest BCUT2D eigenvalue weighted by atomic mass is 16.1. The van der Waals surface area contributed by atoms with Crippen LogP contribution >= 0.6 is 0 Å². The number of rotatable bonds is 5. The lowest BCUT2D eigenvalue weighted by Crippen LogP contribution is -2.32. The van der Waals surface area contributed by atoms with Crippen molar-refractivity contribution in [3.8, 4) is 0 Å². The molecule has 1 aliphatic heterocycles. The Hall–Kier alpha value is -0.830. The van der Waals surface area contributed by atoms with Crippen LogP contribution < -0.4 is 10.6 Å². The van der Waals surface area contributed by atoms with Crippen LogP contribution in [0.2, 0.25) is 0 Å². The van der Waals surface area contributed by atoms with E-state index in [1.807, 2.05) is 6.08 Å².